The Labute approximate surface area is 129 Å². The predicted molar refractivity (Wildman–Crippen MR) is 84.5 cm³/mol. The molecule has 5 heteroatoms. The maximum atomic E-state index is 11.8. The highest BCUT2D eigenvalue weighted by Gasteiger charge is 2.10. The van der Waals surface area contributed by atoms with E-state index in [0.717, 1.165) is 37.3 Å². The Morgan fingerprint density at radius 2 is 2.41 bits per heavy atom. The van der Waals surface area contributed by atoms with Crippen molar-refractivity contribution in [1.82, 2.24) is 15.1 Å². The summed E-state index contributed by atoms with van der Waals surface area (Å²) in [5.41, 5.74) is 2.23. The van der Waals surface area contributed by atoms with E-state index in [2.05, 4.69) is 16.5 Å². The van der Waals surface area contributed by atoms with Gasteiger partial charge in [-0.15, -0.1) is 0 Å². The summed E-state index contributed by atoms with van der Waals surface area (Å²) in [4.78, 5) is 11.8. The van der Waals surface area contributed by atoms with Gasteiger partial charge in [0.2, 0.25) is 5.91 Å². The van der Waals surface area contributed by atoms with Crippen molar-refractivity contribution in [3.63, 3.8) is 0 Å². The van der Waals surface area contributed by atoms with Crippen molar-refractivity contribution < 1.29 is 9.53 Å². The molecule has 0 bridgehead atoms. The number of fused-ring (bicyclic) bond motifs is 1. The van der Waals surface area contributed by atoms with Crippen molar-refractivity contribution in [1.29, 1.82) is 0 Å². The SMILES string of the molecule is O=C(/C=C/c1ccc2c(c1)CCO2)NCCCn1cccn1. The number of nitrogens with one attached hydrogen (secondary N) is 1. The molecule has 0 unspecified atom stereocenters. The molecule has 0 saturated heterocycles. The second kappa shape index (κ2) is 6.93. The van der Waals surface area contributed by atoms with E-state index in [9.17, 15) is 4.79 Å². The van der Waals surface area contributed by atoms with Crippen LogP contribution in [0.1, 0.15) is 17.5 Å². The summed E-state index contributed by atoms with van der Waals surface area (Å²) < 4.78 is 7.32. The highest BCUT2D eigenvalue weighted by Crippen LogP contribution is 2.26. The minimum Gasteiger partial charge on any atom is -0.493 e. The number of aryl methyl sites for hydroxylation is 1. The van der Waals surface area contributed by atoms with E-state index in [1.54, 1.807) is 12.3 Å². The molecule has 114 valence electrons. The summed E-state index contributed by atoms with van der Waals surface area (Å²) in [6.07, 6.45) is 8.88. The van der Waals surface area contributed by atoms with E-state index in [1.165, 1.54) is 5.56 Å². The van der Waals surface area contributed by atoms with Crippen LogP contribution in [-0.2, 0) is 17.8 Å². The van der Waals surface area contributed by atoms with Crippen molar-refractivity contribution in [2.24, 2.45) is 0 Å². The Bertz CT molecular complexity index is 663. The molecule has 22 heavy (non-hydrogen) atoms. The third-order valence-corrected chi connectivity index (χ3v) is 3.56. The molecule has 2 aromatic rings. The van der Waals surface area contributed by atoms with Crippen LogP contribution in [-0.4, -0.2) is 28.8 Å². The van der Waals surface area contributed by atoms with Gasteiger partial charge in [0.25, 0.3) is 0 Å². The van der Waals surface area contributed by atoms with Crippen LogP contribution in [0, 0.1) is 0 Å². The molecule has 1 aliphatic heterocycles. The van der Waals surface area contributed by atoms with Gasteiger partial charge in [-0.05, 0) is 41.8 Å². The number of aromatic nitrogens is 2. The fourth-order valence-electron chi connectivity index (χ4n) is 2.43. The van der Waals surface area contributed by atoms with Crippen LogP contribution >= 0.6 is 0 Å². The predicted octanol–water partition coefficient (Wildman–Crippen LogP) is 2.04. The van der Waals surface area contributed by atoms with Crippen LogP contribution in [0.2, 0.25) is 0 Å². The molecule has 0 fully saturated rings. The maximum absolute atomic E-state index is 11.8. The van der Waals surface area contributed by atoms with Crippen molar-refractivity contribution >= 4 is 12.0 Å². The van der Waals surface area contributed by atoms with Crippen molar-refractivity contribution in [3.05, 3.63) is 53.9 Å². The van der Waals surface area contributed by atoms with Crippen molar-refractivity contribution in [3.8, 4) is 5.75 Å². The van der Waals surface area contributed by atoms with Gasteiger partial charge in [-0.25, -0.2) is 0 Å². The van der Waals surface area contributed by atoms with Crippen molar-refractivity contribution in [2.45, 2.75) is 19.4 Å². The van der Waals surface area contributed by atoms with E-state index in [-0.39, 0.29) is 5.91 Å². The first-order valence-corrected chi connectivity index (χ1v) is 7.50. The Morgan fingerprint density at radius 1 is 1.45 bits per heavy atom. The Balaban J connectivity index is 1.43. The van der Waals surface area contributed by atoms with Gasteiger partial charge in [-0.2, -0.15) is 5.10 Å². The van der Waals surface area contributed by atoms with Gasteiger partial charge < -0.3 is 10.1 Å². The minimum atomic E-state index is -0.0720. The van der Waals surface area contributed by atoms with Gasteiger partial charge in [-0.3, -0.25) is 9.48 Å². The minimum absolute atomic E-state index is 0.0720. The van der Waals surface area contributed by atoms with Crippen LogP contribution in [0.15, 0.2) is 42.7 Å². The summed E-state index contributed by atoms with van der Waals surface area (Å²) in [5.74, 6) is 0.887. The topological polar surface area (TPSA) is 56.1 Å². The van der Waals surface area contributed by atoms with Gasteiger partial charge in [0.1, 0.15) is 5.75 Å². The number of nitrogens with zero attached hydrogens (tertiary/aromatic N) is 2. The van der Waals surface area contributed by atoms with Crippen LogP contribution in [0.4, 0.5) is 0 Å². The third-order valence-electron chi connectivity index (χ3n) is 3.56. The first-order chi connectivity index (χ1) is 10.8. The van der Waals surface area contributed by atoms with Crippen molar-refractivity contribution in [2.75, 3.05) is 13.2 Å². The van der Waals surface area contributed by atoms with Gasteiger partial charge >= 0.3 is 0 Å². The first kappa shape index (κ1) is 14.4. The molecule has 0 radical (unpaired) electrons. The standard InChI is InChI=1S/C17H19N3O2/c21-17(18-8-1-10-20-11-2-9-19-20)6-4-14-3-5-16-15(13-14)7-12-22-16/h2-6,9,11,13H,1,7-8,10,12H2,(H,18,21)/b6-4+. The summed E-state index contributed by atoms with van der Waals surface area (Å²) in [5, 5.41) is 6.99. The highest BCUT2D eigenvalue weighted by atomic mass is 16.5. The van der Waals surface area contributed by atoms with Crippen LogP contribution in [0.5, 0.6) is 5.75 Å². The summed E-state index contributed by atoms with van der Waals surface area (Å²) >= 11 is 0. The monoisotopic (exact) mass is 297 g/mol. The number of hydrogen-bond donors (Lipinski definition) is 1. The van der Waals surface area contributed by atoms with Crippen LogP contribution < -0.4 is 10.1 Å². The average molecular weight is 297 g/mol. The number of carbonyl (C=O) groups excluding carboxylic acids is 1. The van der Waals surface area contributed by atoms with Crippen LogP contribution in [0.3, 0.4) is 0 Å². The molecule has 0 aliphatic carbocycles. The average Bonchev–Trinajstić information content (AvgIpc) is 3.20. The summed E-state index contributed by atoms with van der Waals surface area (Å²) in [6.45, 7) is 2.20. The van der Waals surface area contributed by atoms with Gasteiger partial charge in [-0.1, -0.05) is 6.07 Å². The molecule has 0 atom stereocenters. The zero-order chi connectivity index (χ0) is 15.2. The second-order valence-corrected chi connectivity index (χ2v) is 5.21. The lowest BCUT2D eigenvalue weighted by Gasteiger charge is -2.03. The van der Waals surface area contributed by atoms with Crippen LogP contribution in [0.25, 0.3) is 6.08 Å². The fourth-order valence-corrected chi connectivity index (χ4v) is 2.43. The molecule has 3 rings (SSSR count). The molecule has 1 amide bonds. The van der Waals surface area contributed by atoms with E-state index >= 15 is 0 Å². The molecule has 1 N–H and O–H groups in total. The van der Waals surface area contributed by atoms with E-state index in [0.29, 0.717) is 6.54 Å². The highest BCUT2D eigenvalue weighted by molar-refractivity contribution is 5.91. The molecular formula is C17H19N3O2. The largest absolute Gasteiger partial charge is 0.493 e. The zero-order valence-electron chi connectivity index (χ0n) is 12.4. The second-order valence-electron chi connectivity index (χ2n) is 5.21. The fraction of sp³-hybridized carbons (Fsp3) is 0.294. The lowest BCUT2D eigenvalue weighted by Crippen LogP contribution is -2.23. The van der Waals surface area contributed by atoms with E-state index < -0.39 is 0 Å². The molecule has 5 nitrogen and oxygen atoms in total. The molecule has 0 spiro atoms. The van der Waals surface area contributed by atoms with Gasteiger partial charge in [0.15, 0.2) is 0 Å². The molecule has 1 aliphatic rings. The number of hydrogen-bond acceptors (Lipinski definition) is 3. The lowest BCUT2D eigenvalue weighted by atomic mass is 10.1. The van der Waals surface area contributed by atoms with E-state index in [1.807, 2.05) is 35.2 Å². The zero-order valence-corrected chi connectivity index (χ0v) is 12.4. The Morgan fingerprint density at radius 3 is 3.27 bits per heavy atom. The first-order valence-electron chi connectivity index (χ1n) is 7.50. The number of rotatable bonds is 6. The smallest absolute Gasteiger partial charge is 0.244 e. The summed E-state index contributed by atoms with van der Waals surface area (Å²) in [7, 11) is 0. The van der Waals surface area contributed by atoms with Gasteiger partial charge in [0, 0.05) is 38.0 Å². The quantitative estimate of drug-likeness (QED) is 0.656. The number of amides is 1. The molecule has 0 saturated carbocycles. The lowest BCUT2D eigenvalue weighted by molar-refractivity contribution is -0.116. The number of ether oxygens (including phenoxy) is 1. The maximum Gasteiger partial charge on any atom is 0.244 e. The molecule has 1 aromatic carbocycles. The third kappa shape index (κ3) is 3.75. The van der Waals surface area contributed by atoms with Gasteiger partial charge in [0.05, 0.1) is 6.61 Å². The van der Waals surface area contributed by atoms with E-state index in [4.69, 9.17) is 4.74 Å². The molecular weight excluding hydrogens is 278 g/mol. The number of benzene rings is 1. The normalized spacial score (nSPS) is 13.1. The molecule has 1 aromatic heterocycles. The molecule has 2 heterocycles. The Kier molecular flexibility index (Phi) is 4.53. The Hall–Kier alpha value is -2.56. The summed E-state index contributed by atoms with van der Waals surface area (Å²) in [6, 6.07) is 7.89. The number of carbonyl (C=O) groups is 1.